The van der Waals surface area contributed by atoms with Gasteiger partial charge in [0.15, 0.2) is 5.82 Å². The lowest BCUT2D eigenvalue weighted by atomic mass is 9.91. The molecule has 2 aromatic heterocycles. The molecule has 13 heteroatoms. The molecule has 5 saturated heterocycles. The molecule has 6 fully saturated rings. The van der Waals surface area contributed by atoms with Gasteiger partial charge in [0.2, 0.25) is 0 Å². The Morgan fingerprint density at radius 2 is 1.82 bits per heavy atom. The fourth-order valence-corrected chi connectivity index (χ4v) is 10.1. The SMILES string of the molecule is C#Cc1c(F)ccc2cc(O)cc(-c3c(F)c4nc(OCC5(CN6CC7CCC6CO7)CC5)nc(N5[C@@H]6CC[C@H]5CN(CCCOC)C6)c4c4cn(C)nc34)c12. The Morgan fingerprint density at radius 1 is 1.02 bits per heavy atom. The fraction of sp³-hybridized carbons (Fsp3) is 0.512. The average Bonchev–Trinajstić information content (AvgIpc) is 3.77. The molecule has 1 aliphatic carbocycles. The Labute approximate surface area is 324 Å². The van der Waals surface area contributed by atoms with Gasteiger partial charge in [-0.25, -0.2) is 8.78 Å². The van der Waals surface area contributed by atoms with Crippen molar-refractivity contribution in [1.82, 2.24) is 29.5 Å². The van der Waals surface area contributed by atoms with E-state index in [4.69, 9.17) is 35.7 Å². The predicted octanol–water partition coefficient (Wildman–Crippen LogP) is 6.01. The number of nitrogens with zero attached hydrogens (tertiary/aromatic N) is 7. The smallest absolute Gasteiger partial charge is 0.319 e. The average molecular weight is 764 g/mol. The molecule has 292 valence electrons. The quantitative estimate of drug-likeness (QED) is 0.127. The minimum absolute atomic E-state index is 0.0170. The zero-order chi connectivity index (χ0) is 38.3. The topological polar surface area (TPSA) is 101 Å². The Balaban J connectivity index is 1.12. The number of ether oxygens (including phenoxy) is 3. The van der Waals surface area contributed by atoms with E-state index in [1.165, 1.54) is 24.3 Å². The van der Waals surface area contributed by atoms with Gasteiger partial charge in [0, 0.05) is 99.6 Å². The van der Waals surface area contributed by atoms with Gasteiger partial charge in [-0.1, -0.05) is 12.0 Å². The van der Waals surface area contributed by atoms with E-state index in [1.54, 1.807) is 18.8 Å². The Hall–Kier alpha value is -4.61. The number of phenolic OH excluding ortho intramolecular Hbond substituents is 1. The second-order valence-corrected chi connectivity index (χ2v) is 16.8. The van der Waals surface area contributed by atoms with Crippen LogP contribution in [0.5, 0.6) is 11.8 Å². The lowest BCUT2D eigenvalue weighted by molar-refractivity contribution is -0.112. The van der Waals surface area contributed by atoms with Crippen LogP contribution in [0, 0.1) is 29.4 Å². The molecule has 7 heterocycles. The molecule has 6 aliphatic rings. The lowest BCUT2D eigenvalue weighted by Gasteiger charge is -2.46. The van der Waals surface area contributed by atoms with E-state index in [0.29, 0.717) is 58.2 Å². The Morgan fingerprint density at radius 3 is 2.52 bits per heavy atom. The molecule has 3 aromatic carbocycles. The molecule has 0 amide bonds. The number of halogens is 2. The van der Waals surface area contributed by atoms with E-state index in [9.17, 15) is 5.11 Å². The van der Waals surface area contributed by atoms with E-state index in [1.807, 2.05) is 6.20 Å². The Kier molecular flexibility index (Phi) is 8.81. The summed E-state index contributed by atoms with van der Waals surface area (Å²) in [6, 6.07) is 6.64. The number of aromatic nitrogens is 4. The zero-order valence-electron chi connectivity index (χ0n) is 31.9. The molecule has 1 saturated carbocycles. The van der Waals surface area contributed by atoms with Crippen LogP contribution in [0.4, 0.5) is 14.6 Å². The van der Waals surface area contributed by atoms with Crippen molar-refractivity contribution < 1.29 is 28.1 Å². The van der Waals surface area contributed by atoms with Gasteiger partial charge in [-0.15, -0.1) is 6.42 Å². The van der Waals surface area contributed by atoms with E-state index in [0.717, 1.165) is 84.3 Å². The maximum absolute atomic E-state index is 17.9. The van der Waals surface area contributed by atoms with Crippen molar-refractivity contribution in [3.8, 4) is 35.2 Å². The number of methoxy groups -OCH3 is 1. The minimum atomic E-state index is -0.658. The molecule has 56 heavy (non-hydrogen) atoms. The normalized spacial score (nSPS) is 24.4. The molecule has 5 aliphatic heterocycles. The lowest BCUT2D eigenvalue weighted by Crippen LogP contribution is -2.56. The number of aryl methyl sites for hydroxylation is 1. The standard InChI is InChI=1S/C43H47F2N7O4/c1-4-31-34(44)11-6-25-16-29(53)17-32(35(25)31)36-38(45)40-37(33-21-49(2)48-39(33)36)41(52-26-7-8-27(52)19-50(18-26)14-5-15-54-3)47-42(46-40)56-24-43(12-13-43)23-51-20-30-10-9-28(51)22-55-30/h1,6,11,16-17,21,26-28,30,53H,5,7-10,12-15,18-20,22-24H2,2-3H3/t26-,27+,28?,30?. The number of benzene rings is 3. The third kappa shape index (κ3) is 6.04. The maximum atomic E-state index is 17.9. The third-order valence-electron chi connectivity index (χ3n) is 13.0. The number of terminal acetylenes is 1. The van der Waals surface area contributed by atoms with Crippen molar-refractivity contribution in [1.29, 1.82) is 0 Å². The highest BCUT2D eigenvalue weighted by Crippen LogP contribution is 2.49. The van der Waals surface area contributed by atoms with Crippen LogP contribution in [0.15, 0.2) is 30.5 Å². The highest BCUT2D eigenvalue weighted by molar-refractivity contribution is 6.18. The first-order chi connectivity index (χ1) is 27.2. The fourth-order valence-electron chi connectivity index (χ4n) is 10.1. The van der Waals surface area contributed by atoms with Crippen LogP contribution in [0.3, 0.4) is 0 Å². The number of aromatic hydroxyl groups is 1. The van der Waals surface area contributed by atoms with Crippen molar-refractivity contribution in [2.75, 3.05) is 64.6 Å². The molecule has 11 nitrogen and oxygen atoms in total. The van der Waals surface area contributed by atoms with Gasteiger partial charge < -0.3 is 24.2 Å². The third-order valence-corrected chi connectivity index (χ3v) is 13.0. The maximum Gasteiger partial charge on any atom is 0.319 e. The highest BCUT2D eigenvalue weighted by atomic mass is 19.1. The molecular weight excluding hydrogens is 717 g/mol. The van der Waals surface area contributed by atoms with Gasteiger partial charge in [0.05, 0.1) is 30.3 Å². The summed E-state index contributed by atoms with van der Waals surface area (Å²) in [5.74, 6) is 1.74. The molecular formula is C43H47F2N7O4. The van der Waals surface area contributed by atoms with E-state index < -0.39 is 11.6 Å². The molecule has 4 atom stereocenters. The van der Waals surface area contributed by atoms with Crippen molar-refractivity contribution in [3.63, 3.8) is 0 Å². The molecule has 5 aromatic rings. The minimum Gasteiger partial charge on any atom is -0.508 e. The van der Waals surface area contributed by atoms with Crippen LogP contribution in [-0.2, 0) is 16.5 Å². The summed E-state index contributed by atoms with van der Waals surface area (Å²) >= 11 is 0. The van der Waals surface area contributed by atoms with Gasteiger partial charge in [-0.05, 0) is 74.1 Å². The van der Waals surface area contributed by atoms with Crippen molar-refractivity contribution in [3.05, 3.63) is 47.7 Å². The van der Waals surface area contributed by atoms with Gasteiger partial charge in [0.1, 0.15) is 28.4 Å². The van der Waals surface area contributed by atoms with Crippen LogP contribution in [-0.4, -0.2) is 119 Å². The number of piperidine rings is 1. The molecule has 0 radical (unpaired) electrons. The van der Waals surface area contributed by atoms with Crippen molar-refractivity contribution >= 4 is 38.4 Å². The summed E-state index contributed by atoms with van der Waals surface area (Å²) in [7, 11) is 3.52. The van der Waals surface area contributed by atoms with Gasteiger partial charge in [-0.2, -0.15) is 15.1 Å². The zero-order valence-corrected chi connectivity index (χ0v) is 31.9. The first-order valence-corrected chi connectivity index (χ1v) is 20.0. The summed E-state index contributed by atoms with van der Waals surface area (Å²) in [5.41, 5.74) is 0.719. The van der Waals surface area contributed by atoms with Gasteiger partial charge in [-0.3, -0.25) is 14.5 Å². The molecule has 1 N–H and O–H groups in total. The van der Waals surface area contributed by atoms with E-state index in [-0.39, 0.29) is 51.5 Å². The number of anilines is 1. The largest absolute Gasteiger partial charge is 0.508 e. The van der Waals surface area contributed by atoms with Crippen LogP contribution in [0.1, 0.15) is 50.5 Å². The van der Waals surface area contributed by atoms with Crippen molar-refractivity contribution in [2.24, 2.45) is 12.5 Å². The number of likely N-dealkylation sites (tertiary alicyclic amines) is 1. The second kappa shape index (κ2) is 13.8. The predicted molar refractivity (Wildman–Crippen MR) is 210 cm³/mol. The number of hydrogen-bond acceptors (Lipinski definition) is 10. The number of piperazine rings is 1. The van der Waals surface area contributed by atoms with Crippen LogP contribution in [0.2, 0.25) is 0 Å². The molecule has 0 spiro atoms. The Bertz CT molecular complexity index is 2390. The molecule has 2 unspecified atom stereocenters. The van der Waals surface area contributed by atoms with Crippen LogP contribution >= 0.6 is 0 Å². The summed E-state index contributed by atoms with van der Waals surface area (Å²) in [6.07, 6.45) is 15.3. The number of phenols is 1. The summed E-state index contributed by atoms with van der Waals surface area (Å²) in [5, 5.41) is 17.7. The van der Waals surface area contributed by atoms with Gasteiger partial charge >= 0.3 is 6.01 Å². The second-order valence-electron chi connectivity index (χ2n) is 16.8. The molecule has 11 rings (SSSR count). The first-order valence-electron chi connectivity index (χ1n) is 20.0. The number of rotatable bonds is 11. The number of fused-ring (bicyclic) bond motifs is 9. The molecule has 4 bridgehead atoms. The summed E-state index contributed by atoms with van der Waals surface area (Å²) < 4.78 is 52.7. The number of morpholine rings is 1. The van der Waals surface area contributed by atoms with E-state index >= 15 is 8.78 Å². The summed E-state index contributed by atoms with van der Waals surface area (Å²) in [4.78, 5) is 17.5. The van der Waals surface area contributed by atoms with Crippen LogP contribution < -0.4 is 9.64 Å². The van der Waals surface area contributed by atoms with Gasteiger partial charge in [0.25, 0.3) is 0 Å². The first kappa shape index (κ1) is 35.8. The highest BCUT2D eigenvalue weighted by Gasteiger charge is 2.48. The monoisotopic (exact) mass is 763 g/mol. The van der Waals surface area contributed by atoms with E-state index in [2.05, 4.69) is 20.6 Å². The number of hydrogen-bond donors (Lipinski definition) is 1. The van der Waals surface area contributed by atoms with Crippen LogP contribution in [0.25, 0.3) is 43.7 Å². The van der Waals surface area contributed by atoms with Crippen molar-refractivity contribution in [2.45, 2.75) is 69.2 Å². The summed E-state index contributed by atoms with van der Waals surface area (Å²) in [6.45, 7) is 6.48.